The molecule has 1 saturated heterocycles. The number of sulfonamides is 1. The van der Waals surface area contributed by atoms with Crippen molar-refractivity contribution in [3.05, 3.63) is 54.6 Å². The third kappa shape index (κ3) is 7.05. The normalized spacial score (nSPS) is 23.8. The second-order valence-corrected chi connectivity index (χ2v) is 18.2. The smallest absolute Gasteiger partial charge is 0.405 e. The van der Waals surface area contributed by atoms with Gasteiger partial charge in [0.05, 0.1) is 30.1 Å². The van der Waals surface area contributed by atoms with Crippen LogP contribution >= 0.6 is 0 Å². The topological polar surface area (TPSA) is 193 Å². The van der Waals surface area contributed by atoms with E-state index >= 15 is 0 Å². The van der Waals surface area contributed by atoms with Gasteiger partial charge in [0.2, 0.25) is 21.8 Å². The number of pyridine rings is 1. The molecule has 3 saturated carbocycles. The van der Waals surface area contributed by atoms with E-state index in [4.69, 9.17) is 14.5 Å². The Morgan fingerprint density at radius 1 is 1.02 bits per heavy atom. The first kappa shape index (κ1) is 37.4. The van der Waals surface area contributed by atoms with Crippen molar-refractivity contribution in [3.63, 3.8) is 0 Å². The summed E-state index contributed by atoms with van der Waals surface area (Å²) in [5, 5.41) is 15.1. The van der Waals surface area contributed by atoms with E-state index in [2.05, 4.69) is 15.4 Å². The number of hydrogen-bond donors (Lipinski definition) is 4. The maximum absolute atomic E-state index is 14.5. The van der Waals surface area contributed by atoms with Crippen molar-refractivity contribution in [1.29, 1.82) is 0 Å². The number of aromatic nitrogens is 1. The summed E-state index contributed by atoms with van der Waals surface area (Å²) in [6, 6.07) is 14.4. The molecule has 2 aromatic carbocycles. The van der Waals surface area contributed by atoms with Gasteiger partial charge in [0, 0.05) is 34.9 Å². The SMILES string of the molecule is COc1ccc2c(OC3CC(C(=O)NC4(C(=O)NS(=O)(=O)C5CC5)CC45CCCC5)N(C(=O)C(NC(=O)O)C(C)(C)C)C3)cc(-c3ccccc3)nc2c1. The third-order valence-corrected chi connectivity index (χ3v) is 13.3. The van der Waals surface area contributed by atoms with E-state index in [0.29, 0.717) is 53.8 Å². The van der Waals surface area contributed by atoms with Crippen LogP contribution in [0.15, 0.2) is 54.6 Å². The van der Waals surface area contributed by atoms with Crippen molar-refractivity contribution in [2.24, 2.45) is 10.8 Å². The standard InChI is InChI=1S/C39H47N5O9S/c1-37(2,3)32(41-36(48)49)34(46)44-21-25(53-31-20-28(23-10-6-5-7-11-23)40-29-18-24(52-4)12-15-27(29)31)19-30(44)33(45)42-39(22-38(39)16-8-9-17-38)35(47)43-54(50,51)26-13-14-26/h5-7,10-12,15,18,20,25-26,30,32,41H,8-9,13-14,16-17,19,21-22H2,1-4H3,(H,42,45)(H,43,47)(H,48,49). The van der Waals surface area contributed by atoms with Crippen LogP contribution in [-0.2, 0) is 24.4 Å². The van der Waals surface area contributed by atoms with E-state index in [-0.39, 0.29) is 19.4 Å². The highest BCUT2D eigenvalue weighted by Gasteiger charge is 2.73. The van der Waals surface area contributed by atoms with Crippen LogP contribution in [-0.4, -0.2) is 89.9 Å². The second kappa shape index (κ2) is 13.7. The van der Waals surface area contributed by atoms with Gasteiger partial charge >= 0.3 is 6.09 Å². The number of hydrogen-bond acceptors (Lipinski definition) is 9. The predicted molar refractivity (Wildman–Crippen MR) is 199 cm³/mol. The fourth-order valence-electron chi connectivity index (χ4n) is 8.30. The van der Waals surface area contributed by atoms with Gasteiger partial charge in [0.15, 0.2) is 0 Å². The molecule has 15 heteroatoms. The molecular weight excluding hydrogens is 715 g/mol. The van der Waals surface area contributed by atoms with Gasteiger partial charge in [-0.2, -0.15) is 0 Å². The molecule has 7 rings (SSSR count). The van der Waals surface area contributed by atoms with Crippen LogP contribution in [0.3, 0.4) is 0 Å². The van der Waals surface area contributed by atoms with Gasteiger partial charge in [-0.25, -0.2) is 18.2 Å². The number of rotatable bonds is 11. The minimum absolute atomic E-state index is 0.0211. The van der Waals surface area contributed by atoms with E-state index in [9.17, 15) is 32.7 Å². The number of methoxy groups -OCH3 is 1. The number of fused-ring (bicyclic) bond motifs is 1. The zero-order valence-corrected chi connectivity index (χ0v) is 31.7. The molecule has 4 amide bonds. The lowest BCUT2D eigenvalue weighted by Crippen LogP contribution is -2.60. The average Bonchev–Trinajstić information content (AvgIpc) is 3.98. The number of nitrogens with one attached hydrogen (secondary N) is 3. The quantitative estimate of drug-likeness (QED) is 0.218. The van der Waals surface area contributed by atoms with E-state index in [1.165, 1.54) is 4.90 Å². The van der Waals surface area contributed by atoms with E-state index < -0.39 is 73.6 Å². The van der Waals surface area contributed by atoms with E-state index in [1.54, 1.807) is 46.1 Å². The maximum atomic E-state index is 14.5. The van der Waals surface area contributed by atoms with Crippen molar-refractivity contribution in [3.8, 4) is 22.8 Å². The molecule has 288 valence electrons. The van der Waals surface area contributed by atoms with Crippen LogP contribution in [0.2, 0.25) is 0 Å². The lowest BCUT2D eigenvalue weighted by atomic mass is 9.85. The molecule has 4 N–H and O–H groups in total. The van der Waals surface area contributed by atoms with Crippen LogP contribution in [0.5, 0.6) is 11.5 Å². The van der Waals surface area contributed by atoms with Crippen LogP contribution in [0.4, 0.5) is 4.79 Å². The monoisotopic (exact) mass is 761 g/mol. The summed E-state index contributed by atoms with van der Waals surface area (Å²) < 4.78 is 40.2. The van der Waals surface area contributed by atoms with Crippen LogP contribution in [0.25, 0.3) is 22.2 Å². The van der Waals surface area contributed by atoms with Crippen LogP contribution in [0.1, 0.15) is 72.1 Å². The van der Waals surface area contributed by atoms with Gasteiger partial charge < -0.3 is 30.1 Å². The largest absolute Gasteiger partial charge is 0.497 e. The Morgan fingerprint density at radius 3 is 2.35 bits per heavy atom. The first-order chi connectivity index (χ1) is 25.6. The molecule has 1 aliphatic heterocycles. The molecule has 54 heavy (non-hydrogen) atoms. The Bertz CT molecular complexity index is 2090. The maximum Gasteiger partial charge on any atom is 0.405 e. The summed E-state index contributed by atoms with van der Waals surface area (Å²) in [6.07, 6.45) is 2.13. The molecule has 2 heterocycles. The Kier molecular flexibility index (Phi) is 9.51. The molecule has 3 aliphatic carbocycles. The van der Waals surface area contributed by atoms with Gasteiger partial charge in [-0.3, -0.25) is 19.1 Å². The van der Waals surface area contributed by atoms with Crippen molar-refractivity contribution in [1.82, 2.24) is 25.2 Å². The van der Waals surface area contributed by atoms with Crippen molar-refractivity contribution in [2.75, 3.05) is 13.7 Å². The zero-order chi connectivity index (χ0) is 38.6. The van der Waals surface area contributed by atoms with Crippen molar-refractivity contribution >= 4 is 44.7 Å². The highest BCUT2D eigenvalue weighted by molar-refractivity contribution is 7.91. The Labute approximate surface area is 314 Å². The summed E-state index contributed by atoms with van der Waals surface area (Å²) in [5.41, 5.74) is -0.826. The van der Waals surface area contributed by atoms with Crippen LogP contribution < -0.4 is 24.8 Å². The molecule has 4 aliphatic rings. The Hall–Kier alpha value is -4.92. The van der Waals surface area contributed by atoms with Gasteiger partial charge in [-0.15, -0.1) is 0 Å². The molecule has 4 atom stereocenters. The van der Waals surface area contributed by atoms with Gasteiger partial charge in [0.1, 0.15) is 35.2 Å². The first-order valence-electron chi connectivity index (χ1n) is 18.4. The number of carboxylic acid groups (broad SMARTS) is 1. The minimum Gasteiger partial charge on any atom is -0.497 e. The molecule has 4 fully saturated rings. The summed E-state index contributed by atoms with van der Waals surface area (Å²) in [5.74, 6) is -0.936. The van der Waals surface area contributed by atoms with Gasteiger partial charge in [-0.1, -0.05) is 63.9 Å². The first-order valence-corrected chi connectivity index (χ1v) is 20.0. The minimum atomic E-state index is -3.90. The summed E-state index contributed by atoms with van der Waals surface area (Å²) in [7, 11) is -2.33. The highest BCUT2D eigenvalue weighted by atomic mass is 32.2. The lowest BCUT2D eigenvalue weighted by molar-refractivity contribution is -0.143. The highest BCUT2D eigenvalue weighted by Crippen LogP contribution is 2.66. The summed E-state index contributed by atoms with van der Waals surface area (Å²) in [6.45, 7) is 5.11. The molecular formula is C39H47N5O9S. The van der Waals surface area contributed by atoms with Gasteiger partial charge in [-0.05, 0) is 49.7 Å². The summed E-state index contributed by atoms with van der Waals surface area (Å²) in [4.78, 5) is 60.9. The van der Waals surface area contributed by atoms with E-state index in [0.717, 1.165) is 18.4 Å². The lowest BCUT2D eigenvalue weighted by Gasteiger charge is -2.35. The molecule has 3 aromatic rings. The molecule has 1 spiro atoms. The second-order valence-electron chi connectivity index (χ2n) is 16.2. The molecule has 0 bridgehead atoms. The predicted octanol–water partition coefficient (Wildman–Crippen LogP) is 4.37. The Balaban J connectivity index is 1.23. The number of ether oxygens (including phenoxy) is 2. The van der Waals surface area contributed by atoms with Crippen molar-refractivity contribution < 1.29 is 42.2 Å². The molecule has 0 radical (unpaired) electrons. The zero-order valence-electron chi connectivity index (χ0n) is 30.9. The number of carbonyl (C=O) groups is 4. The fourth-order valence-corrected chi connectivity index (χ4v) is 9.65. The Morgan fingerprint density at radius 2 is 1.72 bits per heavy atom. The van der Waals surface area contributed by atoms with Crippen molar-refractivity contribution in [2.45, 2.75) is 101 Å². The number of carbonyl (C=O) groups excluding carboxylic acids is 3. The number of nitrogens with zero attached hydrogens (tertiary/aromatic N) is 2. The summed E-state index contributed by atoms with van der Waals surface area (Å²) >= 11 is 0. The van der Waals surface area contributed by atoms with Gasteiger partial charge in [0.25, 0.3) is 5.91 Å². The number of amides is 4. The van der Waals surface area contributed by atoms with Crippen LogP contribution in [0, 0.1) is 10.8 Å². The third-order valence-electron chi connectivity index (χ3n) is 11.4. The van der Waals surface area contributed by atoms with E-state index in [1.807, 2.05) is 36.4 Å². The molecule has 1 aromatic heterocycles. The average molecular weight is 762 g/mol. The molecule has 14 nitrogen and oxygen atoms in total. The fraction of sp³-hybridized carbons (Fsp3) is 0.513. The number of likely N-dealkylation sites (tertiary alicyclic amines) is 1. The molecule has 4 unspecified atom stereocenters. The number of benzene rings is 2.